The van der Waals surface area contributed by atoms with Crippen molar-refractivity contribution in [3.05, 3.63) is 45.8 Å². The van der Waals surface area contributed by atoms with Crippen LogP contribution in [0.5, 0.6) is 0 Å². The molecular weight excluding hydrogens is 290 g/mol. The van der Waals surface area contributed by atoms with Gasteiger partial charge in [0, 0.05) is 29.4 Å². The molecule has 1 aromatic heterocycles. The summed E-state index contributed by atoms with van der Waals surface area (Å²) in [5.74, 6) is 0.636. The van der Waals surface area contributed by atoms with E-state index in [1.54, 1.807) is 18.2 Å². The van der Waals surface area contributed by atoms with Crippen LogP contribution in [0.15, 0.2) is 22.7 Å². The molecule has 2 N–H and O–H groups in total. The van der Waals surface area contributed by atoms with Gasteiger partial charge in [0.15, 0.2) is 0 Å². The molecular formula is C15H18ClN3O2. The number of carbonyl (C=O) groups excluding carboxylic acids is 1. The SMILES string of the molecule is CCNC(=O)c1ccc(Cl)cc1NCc1c(C)noc1C. The summed E-state index contributed by atoms with van der Waals surface area (Å²) in [5, 5.41) is 10.5. The van der Waals surface area contributed by atoms with Crippen molar-refractivity contribution in [1.29, 1.82) is 0 Å². The zero-order chi connectivity index (χ0) is 15.4. The van der Waals surface area contributed by atoms with Crippen LogP contribution in [0, 0.1) is 13.8 Å². The minimum atomic E-state index is -0.129. The molecule has 0 bridgehead atoms. The highest BCUT2D eigenvalue weighted by atomic mass is 35.5. The first-order valence-corrected chi connectivity index (χ1v) is 7.14. The first-order chi connectivity index (χ1) is 10.0. The molecule has 1 aromatic carbocycles. The third-order valence-electron chi connectivity index (χ3n) is 3.20. The molecule has 0 unspecified atom stereocenters. The van der Waals surface area contributed by atoms with Crippen LogP contribution in [0.1, 0.15) is 34.3 Å². The summed E-state index contributed by atoms with van der Waals surface area (Å²) in [6.45, 7) is 6.72. The fraction of sp³-hybridized carbons (Fsp3) is 0.333. The minimum Gasteiger partial charge on any atom is -0.380 e. The van der Waals surface area contributed by atoms with Crippen molar-refractivity contribution < 1.29 is 9.32 Å². The maximum atomic E-state index is 12.0. The fourth-order valence-electron chi connectivity index (χ4n) is 2.05. The van der Waals surface area contributed by atoms with Gasteiger partial charge in [0.1, 0.15) is 5.76 Å². The number of benzene rings is 1. The molecule has 0 radical (unpaired) electrons. The van der Waals surface area contributed by atoms with Gasteiger partial charge in [-0.05, 0) is 39.0 Å². The molecule has 0 saturated heterocycles. The number of hydrogen-bond donors (Lipinski definition) is 2. The van der Waals surface area contributed by atoms with Crippen LogP contribution >= 0.6 is 11.6 Å². The Hall–Kier alpha value is -2.01. The zero-order valence-corrected chi connectivity index (χ0v) is 13.0. The van der Waals surface area contributed by atoms with E-state index < -0.39 is 0 Å². The minimum absolute atomic E-state index is 0.129. The summed E-state index contributed by atoms with van der Waals surface area (Å²) in [6.07, 6.45) is 0. The molecule has 0 aliphatic heterocycles. The van der Waals surface area contributed by atoms with Gasteiger partial charge in [-0.1, -0.05) is 16.8 Å². The lowest BCUT2D eigenvalue weighted by Gasteiger charge is -2.12. The number of halogens is 1. The van der Waals surface area contributed by atoms with Crippen LogP contribution in [0.2, 0.25) is 5.02 Å². The molecule has 0 fully saturated rings. The molecule has 1 heterocycles. The van der Waals surface area contributed by atoms with Gasteiger partial charge >= 0.3 is 0 Å². The lowest BCUT2D eigenvalue weighted by atomic mass is 10.1. The molecule has 0 aliphatic rings. The Morgan fingerprint density at radius 2 is 2.14 bits per heavy atom. The van der Waals surface area contributed by atoms with Crippen LogP contribution in [0.25, 0.3) is 0 Å². The van der Waals surface area contributed by atoms with Gasteiger partial charge in [-0.15, -0.1) is 0 Å². The number of hydrogen-bond acceptors (Lipinski definition) is 4. The lowest BCUT2D eigenvalue weighted by molar-refractivity contribution is 0.0956. The summed E-state index contributed by atoms with van der Waals surface area (Å²) in [4.78, 5) is 12.0. The average Bonchev–Trinajstić information content (AvgIpc) is 2.76. The van der Waals surface area contributed by atoms with E-state index in [0.717, 1.165) is 17.0 Å². The maximum absolute atomic E-state index is 12.0. The highest BCUT2D eigenvalue weighted by Gasteiger charge is 2.13. The third kappa shape index (κ3) is 3.55. The summed E-state index contributed by atoms with van der Waals surface area (Å²) < 4.78 is 5.13. The quantitative estimate of drug-likeness (QED) is 0.889. The van der Waals surface area contributed by atoms with E-state index in [4.69, 9.17) is 16.1 Å². The Morgan fingerprint density at radius 1 is 1.38 bits per heavy atom. The maximum Gasteiger partial charge on any atom is 0.253 e. The number of aryl methyl sites for hydroxylation is 2. The Morgan fingerprint density at radius 3 is 2.76 bits per heavy atom. The van der Waals surface area contributed by atoms with Crippen molar-refractivity contribution in [3.8, 4) is 0 Å². The standard InChI is InChI=1S/C15H18ClN3O2/c1-4-17-15(20)12-6-5-11(16)7-14(12)18-8-13-9(2)19-21-10(13)3/h5-7,18H,4,8H2,1-3H3,(H,17,20). The Bertz CT molecular complexity index is 633. The van der Waals surface area contributed by atoms with Gasteiger partial charge in [-0.2, -0.15) is 0 Å². The number of aromatic nitrogens is 1. The second kappa shape index (κ2) is 6.63. The average molecular weight is 308 g/mol. The van der Waals surface area contributed by atoms with E-state index in [9.17, 15) is 4.79 Å². The van der Waals surface area contributed by atoms with E-state index in [1.807, 2.05) is 20.8 Å². The molecule has 5 nitrogen and oxygen atoms in total. The second-order valence-corrected chi connectivity index (χ2v) is 5.14. The monoisotopic (exact) mass is 307 g/mol. The van der Waals surface area contributed by atoms with Crippen LogP contribution in [0.4, 0.5) is 5.69 Å². The predicted octanol–water partition coefficient (Wildman–Crippen LogP) is 3.31. The van der Waals surface area contributed by atoms with Crippen LogP contribution in [-0.4, -0.2) is 17.6 Å². The summed E-state index contributed by atoms with van der Waals surface area (Å²) >= 11 is 6.02. The fourth-order valence-corrected chi connectivity index (χ4v) is 2.23. The molecule has 0 spiro atoms. The number of amides is 1. The number of nitrogens with zero attached hydrogens (tertiary/aromatic N) is 1. The van der Waals surface area contributed by atoms with E-state index >= 15 is 0 Å². The van der Waals surface area contributed by atoms with E-state index in [-0.39, 0.29) is 5.91 Å². The van der Waals surface area contributed by atoms with Crippen molar-refractivity contribution in [2.75, 3.05) is 11.9 Å². The van der Waals surface area contributed by atoms with Crippen molar-refractivity contribution in [2.24, 2.45) is 0 Å². The van der Waals surface area contributed by atoms with Crippen molar-refractivity contribution in [3.63, 3.8) is 0 Å². The molecule has 112 valence electrons. The first-order valence-electron chi connectivity index (χ1n) is 6.76. The number of anilines is 1. The zero-order valence-electron chi connectivity index (χ0n) is 12.3. The van der Waals surface area contributed by atoms with Gasteiger partial charge < -0.3 is 15.2 Å². The summed E-state index contributed by atoms with van der Waals surface area (Å²) in [7, 11) is 0. The number of rotatable bonds is 5. The van der Waals surface area contributed by atoms with Gasteiger partial charge in [-0.25, -0.2) is 0 Å². The molecule has 0 atom stereocenters. The lowest BCUT2D eigenvalue weighted by Crippen LogP contribution is -2.23. The van der Waals surface area contributed by atoms with Crippen molar-refractivity contribution in [1.82, 2.24) is 10.5 Å². The third-order valence-corrected chi connectivity index (χ3v) is 3.44. The smallest absolute Gasteiger partial charge is 0.253 e. The van der Waals surface area contributed by atoms with Gasteiger partial charge in [-0.3, -0.25) is 4.79 Å². The van der Waals surface area contributed by atoms with Gasteiger partial charge in [0.05, 0.1) is 11.3 Å². The van der Waals surface area contributed by atoms with Crippen molar-refractivity contribution >= 4 is 23.2 Å². The van der Waals surface area contributed by atoms with Crippen LogP contribution in [-0.2, 0) is 6.54 Å². The second-order valence-electron chi connectivity index (χ2n) is 4.71. The molecule has 1 amide bonds. The Kier molecular flexibility index (Phi) is 4.85. The molecule has 21 heavy (non-hydrogen) atoms. The summed E-state index contributed by atoms with van der Waals surface area (Å²) in [5.41, 5.74) is 3.07. The molecule has 2 aromatic rings. The highest BCUT2D eigenvalue weighted by Crippen LogP contribution is 2.23. The van der Waals surface area contributed by atoms with Crippen LogP contribution < -0.4 is 10.6 Å². The van der Waals surface area contributed by atoms with Gasteiger partial charge in [0.25, 0.3) is 5.91 Å². The summed E-state index contributed by atoms with van der Waals surface area (Å²) in [6, 6.07) is 5.15. The predicted molar refractivity (Wildman–Crippen MR) is 82.8 cm³/mol. The van der Waals surface area contributed by atoms with E-state index in [0.29, 0.717) is 29.4 Å². The molecule has 6 heteroatoms. The first kappa shape index (κ1) is 15.4. The van der Waals surface area contributed by atoms with Gasteiger partial charge in [0.2, 0.25) is 0 Å². The molecule has 0 saturated carbocycles. The van der Waals surface area contributed by atoms with E-state index in [2.05, 4.69) is 15.8 Å². The highest BCUT2D eigenvalue weighted by molar-refractivity contribution is 6.31. The molecule has 0 aliphatic carbocycles. The van der Waals surface area contributed by atoms with Crippen LogP contribution in [0.3, 0.4) is 0 Å². The normalized spacial score (nSPS) is 10.5. The number of nitrogens with one attached hydrogen (secondary N) is 2. The molecule has 2 rings (SSSR count). The van der Waals surface area contributed by atoms with Crippen molar-refractivity contribution in [2.45, 2.75) is 27.3 Å². The topological polar surface area (TPSA) is 67.2 Å². The Balaban J connectivity index is 2.22. The largest absolute Gasteiger partial charge is 0.380 e. The van der Waals surface area contributed by atoms with E-state index in [1.165, 1.54) is 0 Å². The Labute approximate surface area is 128 Å². The number of carbonyl (C=O) groups is 1.